The summed E-state index contributed by atoms with van der Waals surface area (Å²) in [7, 11) is 9.16. The van der Waals surface area contributed by atoms with Crippen LogP contribution in [0.25, 0.3) is 0 Å². The molecule has 15 N–H and O–H groups in total. The minimum Gasteiger partial charge on any atom is -0.480 e. The van der Waals surface area contributed by atoms with Crippen molar-refractivity contribution in [3.8, 4) is 5.88 Å². The third-order valence-corrected chi connectivity index (χ3v) is 20.8. The van der Waals surface area contributed by atoms with Gasteiger partial charge in [-0.3, -0.25) is 35.3 Å². The van der Waals surface area contributed by atoms with Crippen LogP contribution < -0.4 is 78.2 Å². The molecule has 0 saturated carbocycles. The van der Waals surface area contributed by atoms with Gasteiger partial charge in [0.25, 0.3) is 0 Å². The standard InChI is InChI=1S/2C6H12N2O.C6H10N2O.C6H12N2O.2C5H10N2O.C5H12N2S.C5H10N2S.C4H10N2O.C4H6N2O.C4H10N2S.C4H6N2S/c1-4-5(2)8(3)6(9)7-4;1-4-5(2)8(3)7-6(4)9;1-4-5(2)7-8-6(4)9-3;1-4-5(2)7-8(3)6(4)9;1-3-4(2)7-5(8)6-3;1-3-4(2)6-7-5(3)8;1-4-5(2)7(3)8-6-4;1-3-4(2)7-5(8)6-3;4*1-3-4(2)6-7-5-3/h2*4-5H,1-3H3,(H,7,9);1-3H3,(H,7,8);4-5,7H,1-3H3;3-4H,1-2H3,(H2,6,7,8);3-4,6H,1-2H3,(H,7,8);4-6H,1-3H3;3-4H,1-2H3,(H2,6,7,8);3-6H,1-2H3;1-2H3;3-6H,1-2H3;1-2H3. The van der Waals surface area contributed by atoms with Crippen LogP contribution in [0.4, 0.5) is 9.59 Å². The molecule has 0 spiro atoms. The van der Waals surface area contributed by atoms with E-state index < -0.39 is 0 Å². The topological polar surface area (TPSA) is 379 Å². The zero-order chi connectivity index (χ0) is 73.6. The van der Waals surface area contributed by atoms with Gasteiger partial charge in [-0.2, -0.15) is 19.7 Å². The summed E-state index contributed by atoms with van der Waals surface area (Å²) < 4.78 is 29.0. The second-order valence-electron chi connectivity index (χ2n) is 25.4. The Balaban J connectivity index is 0.000000524. The lowest BCUT2D eigenvalue weighted by Crippen LogP contribution is -2.32. The van der Waals surface area contributed by atoms with Crippen LogP contribution in [0.15, 0.2) is 4.63 Å². The number of rotatable bonds is 1. The molecule has 9 aliphatic heterocycles. The van der Waals surface area contributed by atoms with E-state index in [2.05, 4.69) is 179 Å². The second kappa shape index (κ2) is 44.6. The molecule has 36 heteroatoms. The first-order valence-corrected chi connectivity index (χ1v) is 35.3. The number of amides is 7. The molecule has 552 valence electrons. The third-order valence-electron chi connectivity index (χ3n) is 17.7. The van der Waals surface area contributed by atoms with E-state index in [1.54, 1.807) is 48.3 Å². The molecule has 12 rings (SSSR count). The van der Waals surface area contributed by atoms with Crippen LogP contribution in [0.1, 0.15) is 159 Å². The van der Waals surface area contributed by atoms with Crippen LogP contribution in [0.2, 0.25) is 0 Å². The lowest BCUT2D eigenvalue weighted by Gasteiger charge is -2.14. The van der Waals surface area contributed by atoms with E-state index in [0.29, 0.717) is 78.4 Å². The quantitative estimate of drug-likeness (QED) is 0.118. The number of urea groups is 2. The van der Waals surface area contributed by atoms with Gasteiger partial charge in [-0.05, 0) is 165 Å². The van der Waals surface area contributed by atoms with Gasteiger partial charge in [-0.15, -0.1) is 5.10 Å². The Morgan fingerprint density at radius 1 is 0.521 bits per heavy atom. The SMILES string of the molecule is CC1C(=O)NN(C)C1C.CC1NC(=O)N(C)C1C.CC1NC(=O)NC1C.CC1NC(=S)NC1C.CC1NN(C)C(=O)C1C.CC1NNC(=O)C1C.CC1NONC1C.CC1NSN(C)C1C.CC1NSNC1C.COc1n[nH]c(C)c1C.Cc1nonc1C.Cc1nsnc1C. The Hall–Kier alpha value is -5.35. The number of thiocarbonyl (C=S) groups is 1. The molecule has 0 aliphatic carbocycles. The monoisotopic (exact) mass is 1430 g/mol. The maximum Gasteiger partial charge on any atom is 0.317 e. The maximum absolute atomic E-state index is 11.0. The van der Waals surface area contributed by atoms with Gasteiger partial charge < -0.3 is 36.2 Å². The van der Waals surface area contributed by atoms with Crippen molar-refractivity contribution < 1.29 is 38.3 Å². The van der Waals surface area contributed by atoms with E-state index in [1.165, 1.54) is 11.7 Å². The third kappa shape index (κ3) is 31.2. The van der Waals surface area contributed by atoms with E-state index in [9.17, 15) is 24.0 Å². The van der Waals surface area contributed by atoms with Gasteiger partial charge in [0.1, 0.15) is 11.4 Å². The van der Waals surface area contributed by atoms with Crippen LogP contribution >= 0.6 is 48.2 Å². The molecule has 32 nitrogen and oxygen atoms in total. The summed E-state index contributed by atoms with van der Waals surface area (Å²) in [6, 6.07) is 6.44. The highest BCUT2D eigenvalue weighted by Gasteiger charge is 2.33. The number of H-pyrrole nitrogens is 1. The van der Waals surface area contributed by atoms with Crippen molar-refractivity contribution >= 4 is 83.1 Å². The molecule has 9 aliphatic rings. The Kier molecular flexibility index (Phi) is 41.2. The summed E-state index contributed by atoms with van der Waals surface area (Å²) >= 11 is 9.40. The average molecular weight is 1430 g/mol. The summed E-state index contributed by atoms with van der Waals surface area (Å²) in [6.45, 7) is 48.4. The first-order valence-electron chi connectivity index (χ1n) is 32.5. The van der Waals surface area contributed by atoms with Crippen molar-refractivity contribution in [1.82, 2.24) is 122 Å². The van der Waals surface area contributed by atoms with Crippen molar-refractivity contribution in [2.24, 2.45) is 17.8 Å². The van der Waals surface area contributed by atoms with Gasteiger partial charge in [0, 0.05) is 141 Å². The molecule has 12 heterocycles. The van der Waals surface area contributed by atoms with Crippen LogP contribution in [0, 0.1) is 59.3 Å². The molecular formula is C60H120N24O8S4. The van der Waals surface area contributed by atoms with Crippen LogP contribution in [0.3, 0.4) is 0 Å². The number of aromatic amines is 1. The zero-order valence-electron chi connectivity index (χ0n) is 62.3. The number of aryl methyl sites for hydroxylation is 5. The molecular weight excluding hydrogens is 1310 g/mol. The number of hydrogen-bond donors (Lipinski definition) is 15. The van der Waals surface area contributed by atoms with Gasteiger partial charge >= 0.3 is 12.1 Å². The number of hydroxylamine groups is 2. The second-order valence-corrected chi connectivity index (χ2v) is 28.0. The zero-order valence-corrected chi connectivity index (χ0v) is 65.6. The Morgan fingerprint density at radius 3 is 1.16 bits per heavy atom. The molecule has 0 bridgehead atoms. The van der Waals surface area contributed by atoms with Gasteiger partial charge in [-0.25, -0.2) is 53.5 Å². The number of hydrogen-bond acceptors (Lipinski definition) is 26. The summed E-state index contributed by atoms with van der Waals surface area (Å²) in [5.41, 5.74) is 22.5. The number of ether oxygens (including phenoxy) is 1. The van der Waals surface area contributed by atoms with Crippen LogP contribution in [-0.2, 0) is 19.3 Å². The first-order chi connectivity index (χ1) is 44.7. The molecule has 18 atom stereocenters. The van der Waals surface area contributed by atoms with E-state index in [-0.39, 0.29) is 65.7 Å². The summed E-state index contributed by atoms with van der Waals surface area (Å²) in [6.07, 6.45) is 0. The first kappa shape index (κ1) is 88.7. The molecule has 9 fully saturated rings. The molecule has 9 saturated heterocycles. The normalized spacial score (nSPS) is 31.1. The smallest absolute Gasteiger partial charge is 0.317 e. The van der Waals surface area contributed by atoms with Gasteiger partial charge in [-0.1, -0.05) is 31.1 Å². The lowest BCUT2D eigenvalue weighted by atomic mass is 10.1. The number of nitrogens with one attached hydrogen (secondary N) is 15. The fourth-order valence-electron chi connectivity index (χ4n) is 7.65. The van der Waals surface area contributed by atoms with Crippen LogP contribution in [0.5, 0.6) is 5.88 Å². The molecule has 7 amide bonds. The van der Waals surface area contributed by atoms with Crippen molar-refractivity contribution in [2.45, 2.75) is 257 Å². The Labute approximate surface area is 590 Å². The van der Waals surface area contributed by atoms with E-state index >= 15 is 0 Å². The fraction of sp³-hybridized carbons (Fsp3) is 0.783. The van der Waals surface area contributed by atoms with Crippen molar-refractivity contribution in [3.63, 3.8) is 0 Å². The highest BCUT2D eigenvalue weighted by molar-refractivity contribution is 7.95. The highest BCUT2D eigenvalue weighted by Crippen LogP contribution is 2.20. The number of nitrogens with zero attached hydrogens (tertiary/aromatic N) is 9. The number of likely N-dealkylation sites (N-methyl/N-ethyl adjacent to an activating group) is 2. The van der Waals surface area contributed by atoms with Crippen molar-refractivity contribution in [3.05, 3.63) is 34.0 Å². The number of carbonyl (C=O) groups excluding carboxylic acids is 5. The number of hydrazine groups is 3. The largest absolute Gasteiger partial charge is 0.480 e. The lowest BCUT2D eigenvalue weighted by molar-refractivity contribution is -0.130. The van der Waals surface area contributed by atoms with E-state index in [1.807, 2.05) is 130 Å². The maximum atomic E-state index is 11.0. The number of aromatic nitrogens is 6. The Bertz CT molecular complexity index is 2570. The molecule has 0 aromatic carbocycles. The van der Waals surface area contributed by atoms with Gasteiger partial charge in [0.15, 0.2) is 5.11 Å². The van der Waals surface area contributed by atoms with Gasteiger partial charge in [0.05, 0.1) is 54.0 Å². The predicted octanol–water partition coefficient (Wildman–Crippen LogP) is 4.42. The van der Waals surface area contributed by atoms with Crippen LogP contribution in [-0.4, -0.2) is 209 Å². The summed E-state index contributed by atoms with van der Waals surface area (Å²) in [5.74, 6) is 1.48. The molecule has 18 unspecified atom stereocenters. The minimum atomic E-state index is -0.0509. The molecule has 0 radical (unpaired) electrons. The predicted molar refractivity (Wildman–Crippen MR) is 387 cm³/mol. The molecule has 3 aromatic heterocycles. The average Bonchev–Trinajstić information content (AvgIpc) is 1.83. The number of carbonyl (C=O) groups is 5. The summed E-state index contributed by atoms with van der Waals surface area (Å²) in [4.78, 5) is 60.1. The molecule has 96 heavy (non-hydrogen) atoms. The van der Waals surface area contributed by atoms with E-state index in [4.69, 9.17) is 17.0 Å². The van der Waals surface area contributed by atoms with Crippen molar-refractivity contribution in [1.29, 1.82) is 0 Å². The molecule has 3 aromatic rings. The minimum absolute atomic E-state index is 0.0370. The van der Waals surface area contributed by atoms with Crippen molar-refractivity contribution in [2.75, 3.05) is 35.3 Å². The highest BCUT2D eigenvalue weighted by atomic mass is 32.2. The van der Waals surface area contributed by atoms with Gasteiger partial charge in [0.2, 0.25) is 23.6 Å². The Morgan fingerprint density at radius 2 is 1.02 bits per heavy atom. The number of methoxy groups -OCH3 is 1. The van der Waals surface area contributed by atoms with E-state index in [0.717, 1.165) is 39.1 Å². The fourth-order valence-corrected chi connectivity index (χ4v) is 10.3. The summed E-state index contributed by atoms with van der Waals surface area (Å²) in [5, 5.41) is 32.3.